The summed E-state index contributed by atoms with van der Waals surface area (Å²) in [6.45, 7) is 2.47. The summed E-state index contributed by atoms with van der Waals surface area (Å²) in [5.74, 6) is -0.465. The quantitative estimate of drug-likeness (QED) is 0.347. The van der Waals surface area contributed by atoms with Crippen LogP contribution < -0.4 is 15.8 Å². The number of aryl methyl sites for hydroxylation is 1. The number of amides is 1. The fourth-order valence-electron chi connectivity index (χ4n) is 3.64. The molecule has 3 N–H and O–H groups in total. The van der Waals surface area contributed by atoms with Gasteiger partial charge in [0.2, 0.25) is 0 Å². The first-order chi connectivity index (χ1) is 16.4. The van der Waals surface area contributed by atoms with E-state index in [0.717, 1.165) is 5.56 Å². The van der Waals surface area contributed by atoms with Gasteiger partial charge in [-0.05, 0) is 72.1 Å². The zero-order valence-electron chi connectivity index (χ0n) is 18.6. The van der Waals surface area contributed by atoms with Gasteiger partial charge in [0, 0.05) is 28.9 Å². The first-order valence-electron chi connectivity index (χ1n) is 10.9. The Kier molecular flexibility index (Phi) is 6.99. The van der Waals surface area contributed by atoms with Gasteiger partial charge in [0.05, 0.1) is 0 Å². The maximum Gasteiger partial charge on any atom is 0.255 e. The number of halogens is 2. The number of benzene rings is 4. The first-order valence-corrected chi connectivity index (χ1v) is 10.9. The number of rotatable bonds is 7. The molecular formula is C28H24F2N2O2. The Labute approximate surface area is 197 Å². The van der Waals surface area contributed by atoms with Gasteiger partial charge < -0.3 is 15.8 Å². The van der Waals surface area contributed by atoms with Gasteiger partial charge >= 0.3 is 0 Å². The summed E-state index contributed by atoms with van der Waals surface area (Å²) in [6.07, 6.45) is 0. The van der Waals surface area contributed by atoms with E-state index in [1.54, 1.807) is 60.7 Å². The molecule has 172 valence electrons. The van der Waals surface area contributed by atoms with E-state index in [1.165, 1.54) is 18.2 Å². The van der Waals surface area contributed by atoms with Gasteiger partial charge in [0.15, 0.2) is 0 Å². The Morgan fingerprint density at radius 3 is 2.41 bits per heavy atom. The molecule has 0 saturated carbocycles. The first kappa shape index (κ1) is 23.1. The smallest absolute Gasteiger partial charge is 0.255 e. The van der Waals surface area contributed by atoms with Crippen molar-refractivity contribution in [3.8, 4) is 28.0 Å². The van der Waals surface area contributed by atoms with Crippen molar-refractivity contribution in [3.63, 3.8) is 0 Å². The number of hydrogen-bond donors (Lipinski definition) is 2. The number of ether oxygens (including phenoxy) is 1. The molecular weight excluding hydrogens is 434 g/mol. The molecule has 0 heterocycles. The van der Waals surface area contributed by atoms with Crippen LogP contribution in [-0.2, 0) is 0 Å². The van der Waals surface area contributed by atoms with Gasteiger partial charge in [-0.2, -0.15) is 0 Å². The summed E-state index contributed by atoms with van der Waals surface area (Å²) >= 11 is 0. The molecule has 4 aromatic rings. The molecule has 0 saturated heterocycles. The van der Waals surface area contributed by atoms with Crippen molar-refractivity contribution in [1.82, 2.24) is 0 Å². The third-order valence-corrected chi connectivity index (χ3v) is 5.33. The molecule has 0 radical (unpaired) electrons. The molecule has 1 amide bonds. The molecule has 4 nitrogen and oxygen atoms in total. The Balaban J connectivity index is 1.62. The van der Waals surface area contributed by atoms with Crippen LogP contribution in [0.25, 0.3) is 22.3 Å². The Morgan fingerprint density at radius 1 is 0.882 bits per heavy atom. The molecule has 0 aromatic heterocycles. The Bertz CT molecular complexity index is 1320. The highest BCUT2D eigenvalue weighted by molar-refractivity contribution is 6.05. The monoisotopic (exact) mass is 458 g/mol. The molecule has 0 unspecified atom stereocenters. The molecule has 6 heteroatoms. The number of hydrogen-bond acceptors (Lipinski definition) is 3. The maximum absolute atomic E-state index is 14.4. The molecule has 4 aromatic carbocycles. The molecule has 0 spiro atoms. The van der Waals surface area contributed by atoms with Gasteiger partial charge in [0.1, 0.15) is 24.0 Å². The van der Waals surface area contributed by atoms with Crippen LogP contribution >= 0.6 is 0 Å². The average molecular weight is 459 g/mol. The molecule has 0 aliphatic heterocycles. The van der Waals surface area contributed by atoms with Gasteiger partial charge in [0.25, 0.3) is 5.91 Å². The fourth-order valence-corrected chi connectivity index (χ4v) is 3.64. The minimum Gasteiger partial charge on any atom is -0.492 e. The maximum atomic E-state index is 14.4. The van der Waals surface area contributed by atoms with E-state index in [-0.39, 0.29) is 17.5 Å². The standard InChI is InChI=1S/C28H24F2N2O2/c1-18-5-11-24(26(30)15-18)20-3-2-4-23(16-20)32-28(33)21-8-12-27(34-14-13-31)25(17-21)19-6-9-22(29)10-7-19/h2-12,15-17H,13-14,31H2,1H3,(H,32,33). The molecule has 0 aliphatic carbocycles. The topological polar surface area (TPSA) is 64.3 Å². The van der Waals surface area contributed by atoms with Crippen molar-refractivity contribution in [2.24, 2.45) is 5.73 Å². The molecule has 0 bridgehead atoms. The predicted octanol–water partition coefficient (Wildman–Crippen LogP) is 6.20. The van der Waals surface area contributed by atoms with E-state index in [0.29, 0.717) is 52.4 Å². The second kappa shape index (κ2) is 10.3. The average Bonchev–Trinajstić information content (AvgIpc) is 2.83. The highest BCUT2D eigenvalue weighted by Gasteiger charge is 2.14. The number of carbonyl (C=O) groups excluding carboxylic acids is 1. The molecule has 4 rings (SSSR count). The van der Waals surface area contributed by atoms with E-state index in [4.69, 9.17) is 10.5 Å². The molecule has 0 atom stereocenters. The van der Waals surface area contributed by atoms with Crippen molar-refractivity contribution in [1.29, 1.82) is 0 Å². The zero-order chi connectivity index (χ0) is 24.1. The summed E-state index contributed by atoms with van der Waals surface area (Å²) in [6, 6.07) is 23.1. The summed E-state index contributed by atoms with van der Waals surface area (Å²) in [5, 5.41) is 2.87. The lowest BCUT2D eigenvalue weighted by atomic mass is 10.0. The van der Waals surface area contributed by atoms with Crippen LogP contribution in [0.1, 0.15) is 15.9 Å². The number of nitrogens with one attached hydrogen (secondary N) is 1. The third kappa shape index (κ3) is 5.30. The number of anilines is 1. The van der Waals surface area contributed by atoms with E-state index in [9.17, 15) is 13.6 Å². The lowest BCUT2D eigenvalue weighted by Gasteiger charge is -2.14. The van der Waals surface area contributed by atoms with Crippen LogP contribution in [-0.4, -0.2) is 19.1 Å². The van der Waals surface area contributed by atoms with Crippen molar-refractivity contribution in [3.05, 3.63) is 108 Å². The van der Waals surface area contributed by atoms with Crippen molar-refractivity contribution in [2.45, 2.75) is 6.92 Å². The van der Waals surface area contributed by atoms with Crippen LogP contribution in [0.2, 0.25) is 0 Å². The lowest BCUT2D eigenvalue weighted by Crippen LogP contribution is -2.13. The highest BCUT2D eigenvalue weighted by atomic mass is 19.1. The molecule has 34 heavy (non-hydrogen) atoms. The van der Waals surface area contributed by atoms with E-state index in [2.05, 4.69) is 5.32 Å². The lowest BCUT2D eigenvalue weighted by molar-refractivity contribution is 0.102. The summed E-state index contributed by atoms with van der Waals surface area (Å²) < 4.78 is 33.6. The summed E-state index contributed by atoms with van der Waals surface area (Å²) in [5.41, 5.74) is 9.80. The van der Waals surface area contributed by atoms with Gasteiger partial charge in [-0.15, -0.1) is 0 Å². The van der Waals surface area contributed by atoms with E-state index in [1.807, 2.05) is 13.0 Å². The Morgan fingerprint density at radius 2 is 1.68 bits per heavy atom. The van der Waals surface area contributed by atoms with E-state index < -0.39 is 0 Å². The van der Waals surface area contributed by atoms with Crippen LogP contribution in [0.15, 0.2) is 84.9 Å². The summed E-state index contributed by atoms with van der Waals surface area (Å²) in [4.78, 5) is 13.0. The molecule has 0 aliphatic rings. The van der Waals surface area contributed by atoms with Crippen molar-refractivity contribution >= 4 is 11.6 Å². The number of carbonyl (C=O) groups is 1. The Hall–Kier alpha value is -4.03. The minimum atomic E-state index is -0.355. The third-order valence-electron chi connectivity index (χ3n) is 5.33. The van der Waals surface area contributed by atoms with Gasteiger partial charge in [-0.1, -0.05) is 36.4 Å². The van der Waals surface area contributed by atoms with Crippen LogP contribution in [0, 0.1) is 18.6 Å². The minimum absolute atomic E-state index is 0.308. The van der Waals surface area contributed by atoms with Crippen LogP contribution in [0.5, 0.6) is 5.75 Å². The number of nitrogens with two attached hydrogens (primary N) is 1. The van der Waals surface area contributed by atoms with Gasteiger partial charge in [-0.3, -0.25) is 4.79 Å². The largest absolute Gasteiger partial charge is 0.492 e. The fraction of sp³-hybridized carbons (Fsp3) is 0.107. The molecule has 0 fully saturated rings. The highest BCUT2D eigenvalue weighted by Crippen LogP contribution is 2.32. The van der Waals surface area contributed by atoms with E-state index >= 15 is 0 Å². The SMILES string of the molecule is Cc1ccc(-c2cccc(NC(=O)c3ccc(OCCN)c(-c4ccc(F)cc4)c3)c2)c(F)c1. The predicted molar refractivity (Wildman–Crippen MR) is 131 cm³/mol. The van der Waals surface area contributed by atoms with Crippen molar-refractivity contribution < 1.29 is 18.3 Å². The normalized spacial score (nSPS) is 10.7. The van der Waals surface area contributed by atoms with Crippen molar-refractivity contribution in [2.75, 3.05) is 18.5 Å². The second-order valence-corrected chi connectivity index (χ2v) is 7.87. The summed E-state index contributed by atoms with van der Waals surface area (Å²) in [7, 11) is 0. The van der Waals surface area contributed by atoms with Crippen LogP contribution in [0.4, 0.5) is 14.5 Å². The zero-order valence-corrected chi connectivity index (χ0v) is 18.6. The second-order valence-electron chi connectivity index (χ2n) is 7.87. The van der Waals surface area contributed by atoms with Gasteiger partial charge in [-0.25, -0.2) is 8.78 Å². The van der Waals surface area contributed by atoms with Crippen LogP contribution in [0.3, 0.4) is 0 Å².